The average molecular weight is 375 g/mol. The highest BCUT2D eigenvalue weighted by atomic mass is 19.2. The Bertz CT molecular complexity index is 615. The molecule has 1 aliphatic carbocycles. The van der Waals surface area contributed by atoms with E-state index in [1.165, 1.54) is 32.1 Å². The van der Waals surface area contributed by atoms with Gasteiger partial charge in [-0.25, -0.2) is 8.78 Å². The third-order valence-electron chi connectivity index (χ3n) is 5.86. The van der Waals surface area contributed by atoms with Gasteiger partial charge in [-0.1, -0.05) is 69.7 Å². The molecule has 0 bridgehead atoms. The van der Waals surface area contributed by atoms with E-state index < -0.39 is 11.6 Å². The SMILES string of the molecule is C=CCCC1CC=C(c2ccc(CCCCCCCCC)c(F)c2F)CC1. The van der Waals surface area contributed by atoms with E-state index in [2.05, 4.69) is 19.6 Å². The van der Waals surface area contributed by atoms with Crippen molar-refractivity contribution in [2.75, 3.05) is 0 Å². The molecule has 0 N–H and O–H groups in total. The molecule has 1 aromatic carbocycles. The lowest BCUT2D eigenvalue weighted by atomic mass is 9.84. The number of aryl methyl sites for hydroxylation is 1. The molecule has 1 aromatic rings. The summed E-state index contributed by atoms with van der Waals surface area (Å²) in [5.74, 6) is -0.629. The van der Waals surface area contributed by atoms with Gasteiger partial charge in [-0.2, -0.15) is 0 Å². The summed E-state index contributed by atoms with van der Waals surface area (Å²) in [4.78, 5) is 0. The largest absolute Gasteiger partial charge is 0.203 e. The molecule has 0 nitrogen and oxygen atoms in total. The summed E-state index contributed by atoms with van der Waals surface area (Å²) in [6.45, 7) is 5.99. The highest BCUT2D eigenvalue weighted by molar-refractivity contribution is 5.67. The Balaban J connectivity index is 1.87. The van der Waals surface area contributed by atoms with Crippen LogP contribution < -0.4 is 0 Å². The van der Waals surface area contributed by atoms with Gasteiger partial charge in [-0.3, -0.25) is 0 Å². The van der Waals surface area contributed by atoms with Crippen LogP contribution in [0.3, 0.4) is 0 Å². The van der Waals surface area contributed by atoms with Crippen molar-refractivity contribution < 1.29 is 8.78 Å². The predicted molar refractivity (Wildman–Crippen MR) is 113 cm³/mol. The van der Waals surface area contributed by atoms with Gasteiger partial charge in [0.25, 0.3) is 0 Å². The molecule has 27 heavy (non-hydrogen) atoms. The van der Waals surface area contributed by atoms with Gasteiger partial charge >= 0.3 is 0 Å². The van der Waals surface area contributed by atoms with Gasteiger partial charge in [0, 0.05) is 5.56 Å². The van der Waals surface area contributed by atoms with Crippen LogP contribution in [0.2, 0.25) is 0 Å². The Morgan fingerprint density at radius 3 is 2.44 bits per heavy atom. The molecular formula is C25H36F2. The van der Waals surface area contributed by atoms with Gasteiger partial charge in [0.2, 0.25) is 0 Å². The lowest BCUT2D eigenvalue weighted by molar-refractivity contribution is 0.452. The summed E-state index contributed by atoms with van der Waals surface area (Å²) in [5.41, 5.74) is 1.98. The van der Waals surface area contributed by atoms with Crippen LogP contribution in [0, 0.1) is 17.6 Å². The minimum atomic E-state index is -0.647. The molecule has 0 aromatic heterocycles. The maximum absolute atomic E-state index is 14.6. The van der Waals surface area contributed by atoms with Crippen molar-refractivity contribution in [2.24, 2.45) is 5.92 Å². The Morgan fingerprint density at radius 1 is 1.04 bits per heavy atom. The molecule has 0 radical (unpaired) electrons. The molecule has 1 aliphatic rings. The fourth-order valence-corrected chi connectivity index (χ4v) is 4.05. The van der Waals surface area contributed by atoms with Crippen LogP contribution in [0.1, 0.15) is 95.1 Å². The van der Waals surface area contributed by atoms with Crippen LogP contribution >= 0.6 is 0 Å². The summed E-state index contributed by atoms with van der Waals surface area (Å²) >= 11 is 0. The second kappa shape index (κ2) is 12.1. The van der Waals surface area contributed by atoms with Gasteiger partial charge in [0.1, 0.15) is 0 Å². The summed E-state index contributed by atoms with van der Waals surface area (Å²) in [6, 6.07) is 3.60. The van der Waals surface area contributed by atoms with E-state index in [0.717, 1.165) is 50.5 Å². The molecular weight excluding hydrogens is 338 g/mol. The summed E-state index contributed by atoms with van der Waals surface area (Å²) in [7, 11) is 0. The summed E-state index contributed by atoms with van der Waals surface area (Å²) < 4.78 is 29.2. The first-order valence-corrected chi connectivity index (χ1v) is 10.9. The predicted octanol–water partition coefficient (Wildman–Crippen LogP) is 8.41. The first kappa shape index (κ1) is 21.9. The van der Waals surface area contributed by atoms with Crippen LogP contribution in [0.4, 0.5) is 8.78 Å². The minimum Gasteiger partial charge on any atom is -0.203 e. The highest BCUT2D eigenvalue weighted by Crippen LogP contribution is 2.34. The molecule has 2 heteroatoms. The molecule has 0 spiro atoms. The zero-order valence-corrected chi connectivity index (χ0v) is 17.0. The molecule has 1 unspecified atom stereocenters. The van der Waals surface area contributed by atoms with Crippen LogP contribution in [0.5, 0.6) is 0 Å². The van der Waals surface area contributed by atoms with Crippen molar-refractivity contribution in [3.8, 4) is 0 Å². The van der Waals surface area contributed by atoms with E-state index >= 15 is 0 Å². The fourth-order valence-electron chi connectivity index (χ4n) is 4.05. The van der Waals surface area contributed by atoms with Crippen LogP contribution in [0.15, 0.2) is 30.9 Å². The molecule has 0 aliphatic heterocycles. The molecule has 0 heterocycles. The van der Waals surface area contributed by atoms with Crippen molar-refractivity contribution in [2.45, 2.75) is 90.4 Å². The maximum Gasteiger partial charge on any atom is 0.166 e. The molecule has 0 saturated carbocycles. The second-order valence-electron chi connectivity index (χ2n) is 8.01. The second-order valence-corrected chi connectivity index (χ2v) is 8.01. The maximum atomic E-state index is 14.6. The van der Waals surface area contributed by atoms with Crippen molar-refractivity contribution in [3.63, 3.8) is 0 Å². The lowest BCUT2D eigenvalue weighted by Gasteiger charge is -2.22. The molecule has 2 rings (SSSR count). The Morgan fingerprint density at radius 2 is 1.78 bits per heavy atom. The normalized spacial score (nSPS) is 17.0. The van der Waals surface area contributed by atoms with Gasteiger partial charge in [-0.15, -0.1) is 6.58 Å². The highest BCUT2D eigenvalue weighted by Gasteiger charge is 2.20. The fraction of sp³-hybridized carbons (Fsp3) is 0.600. The first-order chi connectivity index (χ1) is 13.2. The smallest absolute Gasteiger partial charge is 0.166 e. The monoisotopic (exact) mass is 374 g/mol. The topological polar surface area (TPSA) is 0 Å². The van der Waals surface area contributed by atoms with Gasteiger partial charge in [-0.05, 0) is 62.0 Å². The number of rotatable bonds is 12. The molecule has 150 valence electrons. The quantitative estimate of drug-likeness (QED) is 0.254. The van der Waals surface area contributed by atoms with Gasteiger partial charge in [0.05, 0.1) is 0 Å². The van der Waals surface area contributed by atoms with Gasteiger partial charge < -0.3 is 0 Å². The van der Waals surface area contributed by atoms with Crippen LogP contribution in [0.25, 0.3) is 5.57 Å². The lowest BCUT2D eigenvalue weighted by Crippen LogP contribution is -2.07. The van der Waals surface area contributed by atoms with Crippen molar-refractivity contribution in [1.82, 2.24) is 0 Å². The molecule has 1 atom stereocenters. The summed E-state index contributed by atoms with van der Waals surface area (Å²) in [6.07, 6.45) is 18.1. The average Bonchev–Trinajstić information content (AvgIpc) is 2.69. The Kier molecular flexibility index (Phi) is 9.80. The number of halogens is 2. The standard InChI is InChI=1S/C25H36F2/c1-3-5-7-8-9-10-11-13-22-18-19-23(25(27)24(22)26)21-16-14-20(15-17-21)12-6-4-2/h4,16,18-20H,2-3,5-15,17H2,1H3. The number of hydrogen-bond acceptors (Lipinski definition) is 0. The van der Waals surface area contributed by atoms with Crippen molar-refractivity contribution >= 4 is 5.57 Å². The van der Waals surface area contributed by atoms with E-state index in [1.54, 1.807) is 12.1 Å². The first-order valence-electron chi connectivity index (χ1n) is 10.9. The minimum absolute atomic E-state index is 0.470. The molecule has 0 amide bonds. The van der Waals surface area contributed by atoms with Crippen molar-refractivity contribution in [1.29, 1.82) is 0 Å². The third-order valence-corrected chi connectivity index (χ3v) is 5.86. The third kappa shape index (κ3) is 6.90. The number of benzene rings is 1. The Labute approximate surface area is 164 Å². The van der Waals surface area contributed by atoms with E-state index in [-0.39, 0.29) is 0 Å². The molecule has 0 saturated heterocycles. The number of hydrogen-bond donors (Lipinski definition) is 0. The number of unbranched alkanes of at least 4 members (excludes halogenated alkanes) is 6. The van der Waals surface area contributed by atoms with Crippen LogP contribution in [-0.2, 0) is 6.42 Å². The number of allylic oxidation sites excluding steroid dienone is 3. The van der Waals surface area contributed by atoms with E-state index in [4.69, 9.17) is 0 Å². The van der Waals surface area contributed by atoms with E-state index in [0.29, 0.717) is 23.5 Å². The van der Waals surface area contributed by atoms with E-state index in [9.17, 15) is 8.78 Å². The zero-order chi connectivity index (χ0) is 19.5. The van der Waals surface area contributed by atoms with Crippen LogP contribution in [-0.4, -0.2) is 0 Å². The van der Waals surface area contributed by atoms with Gasteiger partial charge in [0.15, 0.2) is 11.6 Å². The Hall–Kier alpha value is -1.44. The van der Waals surface area contributed by atoms with Crippen molar-refractivity contribution in [3.05, 3.63) is 53.6 Å². The summed E-state index contributed by atoms with van der Waals surface area (Å²) in [5, 5.41) is 0. The molecule has 0 fully saturated rings. The van der Waals surface area contributed by atoms with E-state index in [1.807, 2.05) is 6.08 Å². The zero-order valence-electron chi connectivity index (χ0n) is 17.0.